The largest absolute Gasteiger partial charge is 0.490 e. The first-order valence-corrected chi connectivity index (χ1v) is 12.6. The minimum absolute atomic E-state index is 0.00689. The maximum atomic E-state index is 12.7. The minimum Gasteiger partial charge on any atom is -0.453 e. The normalized spacial score (nSPS) is 18.9. The second kappa shape index (κ2) is 11.8. The van der Waals surface area contributed by atoms with Gasteiger partial charge in [-0.3, -0.25) is 9.36 Å². The molecule has 0 aromatic heterocycles. The Morgan fingerprint density at radius 1 is 1.19 bits per heavy atom. The first-order chi connectivity index (χ1) is 15.0. The first-order valence-electron chi connectivity index (χ1n) is 10.6. The van der Waals surface area contributed by atoms with E-state index in [-0.39, 0.29) is 18.5 Å². The predicted molar refractivity (Wildman–Crippen MR) is 113 cm³/mol. The average Bonchev–Trinajstić information content (AvgIpc) is 2.71. The van der Waals surface area contributed by atoms with Gasteiger partial charge in [-0.05, 0) is 30.7 Å². The molecule has 1 amide bonds. The second-order valence-corrected chi connectivity index (χ2v) is 10.7. The maximum Gasteiger partial charge on any atom is 0.490 e. The van der Waals surface area contributed by atoms with Crippen LogP contribution in [0.2, 0.25) is 0 Å². The lowest BCUT2D eigenvalue weighted by molar-refractivity contribution is -0.203. The minimum atomic E-state index is -5.26. The summed E-state index contributed by atoms with van der Waals surface area (Å²) >= 11 is 0. The van der Waals surface area contributed by atoms with Crippen LogP contribution in [0.3, 0.4) is 0 Å². The van der Waals surface area contributed by atoms with Gasteiger partial charge >= 0.3 is 12.1 Å². The molecule has 1 saturated carbocycles. The molecule has 0 radical (unpaired) electrons. The Balaban J connectivity index is 1.98. The van der Waals surface area contributed by atoms with Crippen molar-refractivity contribution in [3.05, 3.63) is 35.9 Å². The molecule has 1 unspecified atom stereocenters. The fraction of sp³-hybridized carbons (Fsp3) is 0.619. The van der Waals surface area contributed by atoms with Crippen LogP contribution >= 0.6 is 7.37 Å². The number of rotatable bonds is 10. The number of ether oxygens (including phenoxy) is 1. The van der Waals surface area contributed by atoms with Crippen LogP contribution in [0.5, 0.6) is 0 Å². The predicted octanol–water partition coefficient (Wildman–Crippen LogP) is 3.00. The molecule has 7 nitrogen and oxygen atoms in total. The molecule has 1 aromatic rings. The van der Waals surface area contributed by atoms with E-state index in [1.165, 1.54) is 0 Å². The Bertz CT molecular complexity index is 800. The number of nitrogens with two attached hydrogens (primary N) is 1. The molecule has 1 fully saturated rings. The third-order valence-corrected chi connectivity index (χ3v) is 7.47. The van der Waals surface area contributed by atoms with Crippen molar-refractivity contribution in [3.8, 4) is 0 Å². The first kappa shape index (κ1) is 26.4. The lowest BCUT2D eigenvalue weighted by Crippen LogP contribution is -2.46. The van der Waals surface area contributed by atoms with Crippen molar-refractivity contribution in [1.29, 1.82) is 0 Å². The molecule has 0 saturated heterocycles. The smallest absolute Gasteiger partial charge is 0.453 e. The van der Waals surface area contributed by atoms with Crippen LogP contribution in [0.25, 0.3) is 0 Å². The van der Waals surface area contributed by atoms with Crippen LogP contribution in [-0.4, -0.2) is 54.0 Å². The van der Waals surface area contributed by atoms with E-state index < -0.39 is 50.3 Å². The van der Waals surface area contributed by atoms with Crippen LogP contribution in [0.4, 0.5) is 13.2 Å². The Kier molecular flexibility index (Phi) is 9.73. The molecule has 1 aromatic carbocycles. The molecule has 2 rings (SSSR count). The van der Waals surface area contributed by atoms with Crippen molar-refractivity contribution in [1.82, 2.24) is 5.32 Å². The molecular weight excluding hydrogens is 448 g/mol. The van der Waals surface area contributed by atoms with Gasteiger partial charge in [0.15, 0.2) is 0 Å². The molecular formula is C21H30F3N2O5P. The van der Waals surface area contributed by atoms with Gasteiger partial charge in [-0.1, -0.05) is 49.6 Å². The lowest BCUT2D eigenvalue weighted by Gasteiger charge is -2.27. The quantitative estimate of drug-likeness (QED) is 0.352. The Morgan fingerprint density at radius 3 is 2.41 bits per heavy atom. The van der Waals surface area contributed by atoms with E-state index in [2.05, 4.69) is 10.1 Å². The number of carbonyl (C=O) groups excluding carboxylic acids is 2. The van der Waals surface area contributed by atoms with E-state index in [0.717, 1.165) is 37.7 Å². The molecule has 11 heteroatoms. The summed E-state index contributed by atoms with van der Waals surface area (Å²) in [5.74, 6) is -3.13. The summed E-state index contributed by atoms with van der Waals surface area (Å²) in [6.45, 7) is -0.543. The SMILES string of the molecule is N[C@@H](Cc1ccccc1)C(=O)NC[C@H](CP(=O)(O)CC1CCCCC1)OC(=O)C(F)(F)F. The molecule has 1 aliphatic carbocycles. The van der Waals surface area contributed by atoms with Gasteiger partial charge in [-0.15, -0.1) is 0 Å². The highest BCUT2D eigenvalue weighted by atomic mass is 31.2. The number of hydrogen-bond acceptors (Lipinski definition) is 5. The van der Waals surface area contributed by atoms with E-state index >= 15 is 0 Å². The Morgan fingerprint density at radius 2 is 1.81 bits per heavy atom. The van der Waals surface area contributed by atoms with Crippen molar-refractivity contribution in [2.45, 2.75) is 56.8 Å². The van der Waals surface area contributed by atoms with Crippen molar-refractivity contribution < 1.29 is 37.0 Å². The summed E-state index contributed by atoms with van der Waals surface area (Å²) < 4.78 is 55.1. The molecule has 0 spiro atoms. The van der Waals surface area contributed by atoms with E-state index in [4.69, 9.17) is 5.73 Å². The number of nitrogens with one attached hydrogen (secondary N) is 1. The molecule has 0 bridgehead atoms. The van der Waals surface area contributed by atoms with E-state index in [1.807, 2.05) is 0 Å². The zero-order valence-electron chi connectivity index (χ0n) is 17.7. The van der Waals surface area contributed by atoms with Gasteiger partial charge in [0.25, 0.3) is 0 Å². The van der Waals surface area contributed by atoms with Crippen molar-refractivity contribution in [2.75, 3.05) is 18.9 Å². The lowest BCUT2D eigenvalue weighted by atomic mass is 9.91. The molecule has 1 aliphatic rings. The van der Waals surface area contributed by atoms with Gasteiger partial charge in [0, 0.05) is 6.16 Å². The van der Waals surface area contributed by atoms with Crippen LogP contribution in [0.15, 0.2) is 30.3 Å². The molecule has 4 N–H and O–H groups in total. The number of benzene rings is 1. The Hall–Kier alpha value is -1.90. The Labute approximate surface area is 185 Å². The zero-order chi connectivity index (χ0) is 23.8. The highest BCUT2D eigenvalue weighted by molar-refractivity contribution is 7.58. The number of hydrogen-bond donors (Lipinski definition) is 3. The molecule has 0 heterocycles. The maximum absolute atomic E-state index is 12.7. The number of carbonyl (C=O) groups is 2. The highest BCUT2D eigenvalue weighted by Crippen LogP contribution is 2.46. The average molecular weight is 478 g/mol. The fourth-order valence-electron chi connectivity index (χ4n) is 3.83. The summed E-state index contributed by atoms with van der Waals surface area (Å²) in [7, 11) is -3.89. The van der Waals surface area contributed by atoms with E-state index in [0.29, 0.717) is 0 Å². The van der Waals surface area contributed by atoms with E-state index in [9.17, 15) is 32.2 Å². The summed E-state index contributed by atoms with van der Waals surface area (Å²) in [5.41, 5.74) is 6.65. The third kappa shape index (κ3) is 9.30. The highest BCUT2D eigenvalue weighted by Gasteiger charge is 2.43. The van der Waals surface area contributed by atoms with Gasteiger partial charge < -0.3 is 20.7 Å². The summed E-state index contributed by atoms with van der Waals surface area (Å²) in [6.07, 6.45) is -2.89. The molecule has 180 valence electrons. The summed E-state index contributed by atoms with van der Waals surface area (Å²) in [6, 6.07) is 7.91. The summed E-state index contributed by atoms with van der Waals surface area (Å²) in [5, 5.41) is 2.35. The monoisotopic (exact) mass is 478 g/mol. The number of amides is 1. The van der Waals surface area contributed by atoms with Gasteiger partial charge in [0.05, 0.1) is 18.7 Å². The van der Waals surface area contributed by atoms with Crippen molar-refractivity contribution in [3.63, 3.8) is 0 Å². The van der Waals surface area contributed by atoms with Crippen molar-refractivity contribution in [2.24, 2.45) is 11.7 Å². The topological polar surface area (TPSA) is 119 Å². The fourth-order valence-corrected chi connectivity index (χ4v) is 5.99. The van der Waals surface area contributed by atoms with Crippen LogP contribution < -0.4 is 11.1 Å². The summed E-state index contributed by atoms with van der Waals surface area (Å²) in [4.78, 5) is 34.0. The molecule has 0 aliphatic heterocycles. The molecule has 32 heavy (non-hydrogen) atoms. The molecule has 3 atom stereocenters. The van der Waals surface area contributed by atoms with Crippen LogP contribution in [0, 0.1) is 5.92 Å². The van der Waals surface area contributed by atoms with Gasteiger partial charge in [-0.2, -0.15) is 13.2 Å². The zero-order valence-corrected chi connectivity index (χ0v) is 18.6. The standard InChI is InChI=1S/C21H30F3N2O5P/c22-21(23,24)20(28)31-17(14-32(29,30)13-16-9-5-2-6-10-16)12-26-19(27)18(25)11-15-7-3-1-4-8-15/h1,3-4,7-8,16-18H,2,5-6,9-14,25H2,(H,26,27)(H,29,30)/t17-,18+/m1/s1. The van der Waals surface area contributed by atoms with Gasteiger partial charge in [0.2, 0.25) is 13.3 Å². The number of alkyl halides is 3. The number of halogens is 3. The number of esters is 1. The van der Waals surface area contributed by atoms with Gasteiger partial charge in [-0.25, -0.2) is 4.79 Å². The van der Waals surface area contributed by atoms with Crippen LogP contribution in [0.1, 0.15) is 37.7 Å². The third-order valence-electron chi connectivity index (χ3n) is 5.40. The van der Waals surface area contributed by atoms with E-state index in [1.54, 1.807) is 30.3 Å². The van der Waals surface area contributed by atoms with Gasteiger partial charge in [0.1, 0.15) is 6.10 Å². The second-order valence-electron chi connectivity index (χ2n) is 8.28. The van der Waals surface area contributed by atoms with Crippen molar-refractivity contribution >= 4 is 19.2 Å². The van der Waals surface area contributed by atoms with Crippen LogP contribution in [-0.2, 0) is 25.3 Å².